The minimum Gasteiger partial charge on any atom is -0.493 e. The Balaban J connectivity index is 3.20. The normalized spacial score (nSPS) is 14.4. The topological polar surface area (TPSA) is 83.1 Å². The number of methoxy groups -OCH3 is 1. The van der Waals surface area contributed by atoms with Gasteiger partial charge in [0, 0.05) is 20.1 Å². The van der Waals surface area contributed by atoms with Crippen LogP contribution >= 0.6 is 0 Å². The van der Waals surface area contributed by atoms with Gasteiger partial charge in [0.2, 0.25) is 0 Å². The van der Waals surface area contributed by atoms with Crippen LogP contribution in [0.15, 0.2) is 18.2 Å². The van der Waals surface area contributed by atoms with Crippen LogP contribution in [0.1, 0.15) is 92.7 Å². The van der Waals surface area contributed by atoms with Crippen LogP contribution in [0.3, 0.4) is 0 Å². The zero-order valence-electron chi connectivity index (χ0n) is 24.9. The number of alkyl carbamates (subject to hydrolysis) is 1. The number of carbonyl (C=O) groups is 2. The molecule has 0 aliphatic rings. The molecule has 7 nitrogen and oxygen atoms in total. The van der Waals surface area contributed by atoms with Gasteiger partial charge in [-0.1, -0.05) is 53.2 Å². The van der Waals surface area contributed by atoms with Gasteiger partial charge in [0.15, 0.2) is 0 Å². The Bertz CT molecular complexity index is 839. The van der Waals surface area contributed by atoms with E-state index in [0.717, 1.165) is 36.1 Å². The van der Waals surface area contributed by atoms with Crippen molar-refractivity contribution in [2.75, 3.05) is 26.9 Å². The van der Waals surface area contributed by atoms with E-state index in [4.69, 9.17) is 18.9 Å². The van der Waals surface area contributed by atoms with Crippen molar-refractivity contribution in [3.8, 4) is 5.75 Å². The second-order valence-electron chi connectivity index (χ2n) is 11.8. The molecule has 0 aliphatic heterocycles. The van der Waals surface area contributed by atoms with Crippen LogP contribution in [0.2, 0.25) is 0 Å². The van der Waals surface area contributed by atoms with Crippen molar-refractivity contribution < 1.29 is 28.5 Å². The lowest BCUT2D eigenvalue weighted by Crippen LogP contribution is -2.46. The van der Waals surface area contributed by atoms with Crippen molar-refractivity contribution in [3.05, 3.63) is 29.3 Å². The average molecular weight is 522 g/mol. The van der Waals surface area contributed by atoms with Crippen LogP contribution in [-0.2, 0) is 30.8 Å². The number of ether oxygens (including phenoxy) is 4. The molecule has 1 aromatic rings. The lowest BCUT2D eigenvalue weighted by Gasteiger charge is -2.29. The molecule has 0 fully saturated rings. The fourth-order valence-electron chi connectivity index (χ4n) is 4.18. The molecule has 0 radical (unpaired) electrons. The van der Waals surface area contributed by atoms with Crippen LogP contribution in [0, 0.1) is 11.8 Å². The van der Waals surface area contributed by atoms with E-state index in [0.29, 0.717) is 25.6 Å². The second-order valence-corrected chi connectivity index (χ2v) is 11.8. The highest BCUT2D eigenvalue weighted by Gasteiger charge is 2.30. The molecule has 0 bridgehead atoms. The van der Waals surface area contributed by atoms with Gasteiger partial charge in [0.05, 0.1) is 13.2 Å². The fourth-order valence-corrected chi connectivity index (χ4v) is 4.18. The molecular formula is C30H51NO6. The molecule has 0 aliphatic carbocycles. The van der Waals surface area contributed by atoms with E-state index in [9.17, 15) is 9.59 Å². The predicted molar refractivity (Wildman–Crippen MR) is 148 cm³/mol. The third-order valence-electron chi connectivity index (χ3n) is 6.35. The average Bonchev–Trinajstić information content (AvgIpc) is 2.78. The number of hydrogen-bond donors (Lipinski definition) is 1. The first-order chi connectivity index (χ1) is 17.2. The van der Waals surface area contributed by atoms with Crippen molar-refractivity contribution in [3.63, 3.8) is 0 Å². The van der Waals surface area contributed by atoms with Crippen LogP contribution in [0.4, 0.5) is 4.79 Å². The Morgan fingerprint density at radius 3 is 2.24 bits per heavy atom. The van der Waals surface area contributed by atoms with E-state index in [2.05, 4.69) is 58.1 Å². The minimum atomic E-state index is -0.785. The molecule has 1 rings (SSSR count). The summed E-state index contributed by atoms with van der Waals surface area (Å²) in [6.07, 6.45) is 2.36. The Morgan fingerprint density at radius 2 is 1.70 bits per heavy atom. The zero-order valence-corrected chi connectivity index (χ0v) is 24.9. The van der Waals surface area contributed by atoms with Gasteiger partial charge in [-0.2, -0.15) is 0 Å². The molecule has 0 saturated heterocycles. The van der Waals surface area contributed by atoms with E-state index in [1.807, 2.05) is 0 Å². The summed E-state index contributed by atoms with van der Waals surface area (Å²) in [5.41, 5.74) is 1.58. The van der Waals surface area contributed by atoms with E-state index in [1.165, 1.54) is 0 Å². The van der Waals surface area contributed by atoms with Crippen molar-refractivity contribution in [1.29, 1.82) is 0 Å². The van der Waals surface area contributed by atoms with Gasteiger partial charge in [-0.3, -0.25) is 0 Å². The number of esters is 1. The van der Waals surface area contributed by atoms with Crippen LogP contribution in [0.5, 0.6) is 5.75 Å². The van der Waals surface area contributed by atoms with E-state index < -0.39 is 23.7 Å². The highest BCUT2D eigenvalue weighted by Crippen LogP contribution is 2.34. The van der Waals surface area contributed by atoms with Gasteiger partial charge in [-0.25, -0.2) is 9.59 Å². The summed E-state index contributed by atoms with van der Waals surface area (Å²) < 4.78 is 22.1. The largest absolute Gasteiger partial charge is 0.493 e. The van der Waals surface area contributed by atoms with Gasteiger partial charge in [0.25, 0.3) is 0 Å². The standard InChI is InChI=1S/C30H51NO6/c1-11-21(3)23(20-25(27(32)35-12-2)31-28(33)37-30(7,8)9)18-22-14-15-24(29(4,5)6)26(19-22)36-17-13-16-34-10/h14-15,19,21,23,25H,11-13,16-18,20H2,1-10H3,(H,31,33). The Morgan fingerprint density at radius 1 is 1.03 bits per heavy atom. The Kier molecular flexibility index (Phi) is 13.5. The maximum absolute atomic E-state index is 12.8. The van der Waals surface area contributed by atoms with Gasteiger partial charge in [-0.05, 0) is 75.0 Å². The van der Waals surface area contributed by atoms with Gasteiger partial charge < -0.3 is 24.3 Å². The third-order valence-corrected chi connectivity index (χ3v) is 6.35. The van der Waals surface area contributed by atoms with Crippen molar-refractivity contribution in [1.82, 2.24) is 5.32 Å². The minimum absolute atomic E-state index is 0.0580. The molecule has 212 valence electrons. The summed E-state index contributed by atoms with van der Waals surface area (Å²) in [6, 6.07) is 5.64. The second kappa shape index (κ2) is 15.2. The molecule has 0 saturated carbocycles. The molecule has 37 heavy (non-hydrogen) atoms. The molecule has 7 heteroatoms. The van der Waals surface area contributed by atoms with E-state index in [-0.39, 0.29) is 17.9 Å². The number of rotatable bonds is 14. The number of carbonyl (C=O) groups excluding carboxylic acids is 2. The predicted octanol–water partition coefficient (Wildman–Crippen LogP) is 6.45. The first kappa shape index (κ1) is 32.7. The maximum atomic E-state index is 12.8. The van der Waals surface area contributed by atoms with Crippen molar-refractivity contribution in [2.24, 2.45) is 11.8 Å². The van der Waals surface area contributed by atoms with Crippen LogP contribution in [0.25, 0.3) is 0 Å². The number of hydrogen-bond acceptors (Lipinski definition) is 6. The third kappa shape index (κ3) is 12.2. The zero-order chi connectivity index (χ0) is 28.2. The van der Waals surface area contributed by atoms with E-state index in [1.54, 1.807) is 34.8 Å². The number of amides is 1. The number of nitrogens with one attached hydrogen (secondary N) is 1. The fraction of sp³-hybridized carbons (Fsp3) is 0.733. The quantitative estimate of drug-likeness (QED) is 0.224. The monoisotopic (exact) mass is 521 g/mol. The maximum Gasteiger partial charge on any atom is 0.408 e. The summed E-state index contributed by atoms with van der Waals surface area (Å²) >= 11 is 0. The summed E-state index contributed by atoms with van der Waals surface area (Å²) in [5, 5.41) is 2.76. The van der Waals surface area contributed by atoms with E-state index >= 15 is 0 Å². The molecule has 0 spiro atoms. The lowest BCUT2D eigenvalue weighted by molar-refractivity contribution is -0.146. The van der Waals surface area contributed by atoms with Crippen LogP contribution in [-0.4, -0.2) is 50.6 Å². The molecule has 3 atom stereocenters. The molecule has 1 N–H and O–H groups in total. The summed E-state index contributed by atoms with van der Waals surface area (Å²) in [6.45, 7) is 19.5. The highest BCUT2D eigenvalue weighted by atomic mass is 16.6. The smallest absolute Gasteiger partial charge is 0.408 e. The van der Waals surface area contributed by atoms with Crippen molar-refractivity contribution in [2.45, 2.75) is 105 Å². The summed E-state index contributed by atoms with van der Waals surface area (Å²) in [7, 11) is 1.69. The molecule has 1 amide bonds. The molecule has 0 heterocycles. The molecular weight excluding hydrogens is 470 g/mol. The Labute approximate surface area is 225 Å². The van der Waals surface area contributed by atoms with Crippen LogP contribution < -0.4 is 10.1 Å². The SMILES string of the molecule is CCOC(=O)C(CC(Cc1ccc(C(C)(C)C)c(OCCCOC)c1)C(C)CC)NC(=O)OC(C)(C)C. The molecule has 1 aromatic carbocycles. The lowest BCUT2D eigenvalue weighted by atomic mass is 9.80. The number of benzene rings is 1. The van der Waals surface area contributed by atoms with Gasteiger partial charge in [0.1, 0.15) is 17.4 Å². The first-order valence-corrected chi connectivity index (χ1v) is 13.6. The van der Waals surface area contributed by atoms with Gasteiger partial charge >= 0.3 is 12.1 Å². The molecule has 3 unspecified atom stereocenters. The van der Waals surface area contributed by atoms with Gasteiger partial charge in [-0.15, -0.1) is 0 Å². The first-order valence-electron chi connectivity index (χ1n) is 13.6. The Hall–Kier alpha value is -2.28. The highest BCUT2D eigenvalue weighted by molar-refractivity contribution is 5.81. The summed E-state index contributed by atoms with van der Waals surface area (Å²) in [4.78, 5) is 25.3. The van der Waals surface area contributed by atoms with Crippen molar-refractivity contribution >= 4 is 12.1 Å². The molecule has 0 aromatic heterocycles. The summed E-state index contributed by atoms with van der Waals surface area (Å²) in [5.74, 6) is 0.909.